The van der Waals surface area contributed by atoms with Gasteiger partial charge in [-0.05, 0) is 31.9 Å². The van der Waals surface area contributed by atoms with Crippen LogP contribution in [0.4, 0.5) is 0 Å². The number of aryl methyl sites for hydroxylation is 1. The van der Waals surface area contributed by atoms with Gasteiger partial charge in [0.05, 0.1) is 11.1 Å². The van der Waals surface area contributed by atoms with Crippen LogP contribution in [0.1, 0.15) is 68.2 Å². The number of fused-ring (bicyclic) bond motifs is 1. The number of nitrogens with zero attached hydrogens (tertiary/aromatic N) is 2. The van der Waals surface area contributed by atoms with E-state index in [1.165, 1.54) is 12.8 Å². The summed E-state index contributed by atoms with van der Waals surface area (Å²) in [7, 11) is 0. The molecule has 21 heavy (non-hydrogen) atoms. The summed E-state index contributed by atoms with van der Waals surface area (Å²) in [6, 6.07) is 5.83. The van der Waals surface area contributed by atoms with Crippen molar-refractivity contribution < 1.29 is 9.90 Å². The van der Waals surface area contributed by atoms with Crippen LogP contribution in [0.15, 0.2) is 18.2 Å². The number of aromatic carboxylic acids is 1. The Bertz CT molecular complexity index is 631. The van der Waals surface area contributed by atoms with Crippen LogP contribution >= 0.6 is 0 Å². The molecule has 0 saturated carbocycles. The molecule has 2 aromatic rings. The van der Waals surface area contributed by atoms with Gasteiger partial charge in [0.2, 0.25) is 0 Å². The van der Waals surface area contributed by atoms with Crippen LogP contribution < -0.4 is 0 Å². The molecule has 0 spiro atoms. The Kier molecular flexibility index (Phi) is 4.99. The normalized spacial score (nSPS) is 12.7. The summed E-state index contributed by atoms with van der Waals surface area (Å²) in [6.07, 6.45) is 5.69. The smallest absolute Gasteiger partial charge is 0.337 e. The molecule has 1 atom stereocenters. The minimum atomic E-state index is -0.911. The van der Waals surface area contributed by atoms with Gasteiger partial charge >= 0.3 is 5.97 Å². The number of carbonyl (C=O) groups is 1. The second kappa shape index (κ2) is 6.74. The van der Waals surface area contributed by atoms with Crippen molar-refractivity contribution in [2.24, 2.45) is 0 Å². The van der Waals surface area contributed by atoms with E-state index in [9.17, 15) is 9.90 Å². The number of unbranched alkanes of at least 4 members (excludes halogenated alkanes) is 1. The van der Waals surface area contributed by atoms with Crippen molar-refractivity contribution in [3.63, 3.8) is 0 Å². The summed E-state index contributed by atoms with van der Waals surface area (Å²) in [4.78, 5) is 15.9. The molecule has 0 amide bonds. The van der Waals surface area contributed by atoms with Crippen molar-refractivity contribution in [1.29, 1.82) is 0 Å². The third-order valence-corrected chi connectivity index (χ3v) is 4.00. The molecule has 1 unspecified atom stereocenters. The maximum absolute atomic E-state index is 11.4. The average molecular weight is 288 g/mol. The number of hydrogen-bond acceptors (Lipinski definition) is 2. The average Bonchev–Trinajstić information content (AvgIpc) is 2.79. The highest BCUT2D eigenvalue weighted by Gasteiger charge is 2.19. The molecular formula is C17H24N2O2. The Hall–Kier alpha value is -1.84. The van der Waals surface area contributed by atoms with E-state index in [0.717, 1.165) is 30.6 Å². The number of rotatable bonds is 7. The van der Waals surface area contributed by atoms with Gasteiger partial charge in [0, 0.05) is 6.04 Å². The molecular weight excluding hydrogens is 264 g/mol. The summed E-state index contributed by atoms with van der Waals surface area (Å²) >= 11 is 0. The molecule has 0 aliphatic carbocycles. The molecule has 0 radical (unpaired) electrons. The summed E-state index contributed by atoms with van der Waals surface area (Å²) in [5.74, 6) is -0.000831. The van der Waals surface area contributed by atoms with Crippen LogP contribution in [0, 0.1) is 6.92 Å². The van der Waals surface area contributed by atoms with Crippen LogP contribution in [-0.4, -0.2) is 20.6 Å². The zero-order valence-corrected chi connectivity index (χ0v) is 13.1. The van der Waals surface area contributed by atoms with E-state index >= 15 is 0 Å². The van der Waals surface area contributed by atoms with Crippen molar-refractivity contribution in [3.05, 3.63) is 29.6 Å². The molecule has 0 aliphatic heterocycles. The number of carboxylic acids is 1. The minimum absolute atomic E-state index is 0.292. The van der Waals surface area contributed by atoms with Crippen molar-refractivity contribution in [3.8, 4) is 0 Å². The van der Waals surface area contributed by atoms with Gasteiger partial charge in [-0.1, -0.05) is 39.2 Å². The molecule has 1 heterocycles. The van der Waals surface area contributed by atoms with Crippen LogP contribution in [0.2, 0.25) is 0 Å². The van der Waals surface area contributed by atoms with Crippen LogP contribution in [-0.2, 0) is 0 Å². The van der Waals surface area contributed by atoms with E-state index in [4.69, 9.17) is 0 Å². The summed E-state index contributed by atoms with van der Waals surface area (Å²) in [5, 5.41) is 9.32. The van der Waals surface area contributed by atoms with Gasteiger partial charge in [-0.3, -0.25) is 0 Å². The quantitative estimate of drug-likeness (QED) is 0.811. The number of hydrogen-bond donors (Lipinski definition) is 1. The highest BCUT2D eigenvalue weighted by atomic mass is 16.4. The summed E-state index contributed by atoms with van der Waals surface area (Å²) in [5.41, 5.74) is 1.85. The molecule has 0 bridgehead atoms. The molecule has 1 aromatic carbocycles. The Morgan fingerprint density at radius 1 is 1.29 bits per heavy atom. The third-order valence-electron chi connectivity index (χ3n) is 4.00. The Balaban J connectivity index is 2.54. The van der Waals surface area contributed by atoms with Gasteiger partial charge in [0.15, 0.2) is 0 Å². The Morgan fingerprint density at radius 3 is 2.67 bits per heavy atom. The highest BCUT2D eigenvalue weighted by Crippen LogP contribution is 2.29. The topological polar surface area (TPSA) is 55.1 Å². The SMILES string of the molecule is CCCCC(CCC)n1c(C)nc2c(C(=O)O)cccc21. The molecule has 1 aromatic heterocycles. The molecule has 0 saturated heterocycles. The monoisotopic (exact) mass is 288 g/mol. The van der Waals surface area contributed by atoms with Gasteiger partial charge in [0.1, 0.15) is 11.3 Å². The molecule has 1 N–H and O–H groups in total. The first-order valence-corrected chi connectivity index (χ1v) is 7.81. The first-order valence-electron chi connectivity index (χ1n) is 7.81. The lowest BCUT2D eigenvalue weighted by molar-refractivity contribution is 0.0699. The second-order valence-corrected chi connectivity index (χ2v) is 5.59. The molecule has 4 heteroatoms. The van der Waals surface area contributed by atoms with E-state index in [1.807, 2.05) is 19.1 Å². The first-order chi connectivity index (χ1) is 10.1. The fourth-order valence-corrected chi connectivity index (χ4v) is 3.04. The number of aromatic nitrogens is 2. The highest BCUT2D eigenvalue weighted by molar-refractivity contribution is 6.01. The largest absolute Gasteiger partial charge is 0.478 e. The second-order valence-electron chi connectivity index (χ2n) is 5.59. The Morgan fingerprint density at radius 2 is 2.05 bits per heavy atom. The van der Waals surface area contributed by atoms with E-state index < -0.39 is 5.97 Å². The predicted molar refractivity (Wildman–Crippen MR) is 84.9 cm³/mol. The minimum Gasteiger partial charge on any atom is -0.478 e. The van der Waals surface area contributed by atoms with Gasteiger partial charge in [-0.15, -0.1) is 0 Å². The number of para-hydroxylation sites is 1. The summed E-state index contributed by atoms with van der Waals surface area (Å²) < 4.78 is 2.24. The molecule has 2 rings (SSSR count). The van der Waals surface area contributed by atoms with Gasteiger partial charge < -0.3 is 9.67 Å². The zero-order valence-electron chi connectivity index (χ0n) is 13.1. The lowest BCUT2D eigenvalue weighted by Gasteiger charge is -2.20. The fraction of sp³-hybridized carbons (Fsp3) is 0.529. The lowest BCUT2D eigenvalue weighted by atomic mass is 10.0. The van der Waals surface area contributed by atoms with E-state index in [-0.39, 0.29) is 0 Å². The van der Waals surface area contributed by atoms with E-state index in [1.54, 1.807) is 6.07 Å². The molecule has 0 aliphatic rings. The van der Waals surface area contributed by atoms with Crippen molar-refractivity contribution >= 4 is 17.0 Å². The van der Waals surface area contributed by atoms with Crippen LogP contribution in [0.3, 0.4) is 0 Å². The Labute approximate surface area is 125 Å². The van der Waals surface area contributed by atoms with Gasteiger partial charge in [-0.25, -0.2) is 9.78 Å². The molecule has 114 valence electrons. The van der Waals surface area contributed by atoms with Crippen LogP contribution in [0.5, 0.6) is 0 Å². The fourth-order valence-electron chi connectivity index (χ4n) is 3.04. The predicted octanol–water partition coefficient (Wildman–Crippen LogP) is 4.57. The number of benzene rings is 1. The van der Waals surface area contributed by atoms with Crippen molar-refractivity contribution in [2.75, 3.05) is 0 Å². The molecule has 4 nitrogen and oxygen atoms in total. The third kappa shape index (κ3) is 3.09. The van der Waals surface area contributed by atoms with Crippen molar-refractivity contribution in [1.82, 2.24) is 9.55 Å². The van der Waals surface area contributed by atoms with E-state index in [0.29, 0.717) is 17.1 Å². The van der Waals surface area contributed by atoms with Gasteiger partial charge in [0.25, 0.3) is 0 Å². The number of carboxylic acid groups (broad SMARTS) is 1. The first kappa shape index (κ1) is 15.5. The number of imidazole rings is 1. The maximum atomic E-state index is 11.4. The van der Waals surface area contributed by atoms with Gasteiger partial charge in [-0.2, -0.15) is 0 Å². The zero-order chi connectivity index (χ0) is 15.4. The van der Waals surface area contributed by atoms with Crippen molar-refractivity contribution in [2.45, 2.75) is 58.9 Å². The lowest BCUT2D eigenvalue weighted by Crippen LogP contribution is -2.10. The maximum Gasteiger partial charge on any atom is 0.337 e. The van der Waals surface area contributed by atoms with Crippen LogP contribution in [0.25, 0.3) is 11.0 Å². The molecule has 0 fully saturated rings. The van der Waals surface area contributed by atoms with E-state index in [2.05, 4.69) is 23.4 Å². The summed E-state index contributed by atoms with van der Waals surface area (Å²) in [6.45, 7) is 6.36. The standard InChI is InChI=1S/C17H24N2O2/c1-4-6-9-13(8-5-2)19-12(3)18-16-14(17(20)21)10-7-11-15(16)19/h7,10-11,13H,4-6,8-9H2,1-3H3,(H,20,21).